The number of hydrogen-bond donors (Lipinski definition) is 0. The highest BCUT2D eigenvalue weighted by molar-refractivity contribution is 6.18. The molecule has 1 saturated heterocycles. The summed E-state index contributed by atoms with van der Waals surface area (Å²) in [5, 5.41) is 0. The fourth-order valence-corrected chi connectivity index (χ4v) is 1.58. The lowest BCUT2D eigenvalue weighted by molar-refractivity contribution is -0.222. The lowest BCUT2D eigenvalue weighted by Gasteiger charge is -2.29. The van der Waals surface area contributed by atoms with Crippen LogP contribution < -0.4 is 0 Å². The minimum Gasteiger partial charge on any atom is -0.462 e. The van der Waals surface area contributed by atoms with Gasteiger partial charge >= 0.3 is 11.9 Å². The summed E-state index contributed by atoms with van der Waals surface area (Å²) < 4.78 is 15.3. The van der Waals surface area contributed by atoms with Crippen molar-refractivity contribution in [3.63, 3.8) is 0 Å². The molecule has 1 fully saturated rings. The van der Waals surface area contributed by atoms with E-state index in [-0.39, 0.29) is 5.57 Å². The molecule has 1 aliphatic rings. The molecule has 1 aromatic heterocycles. The first-order valence-electron chi connectivity index (χ1n) is 5.68. The van der Waals surface area contributed by atoms with Gasteiger partial charge in [-0.1, -0.05) is 6.92 Å². The smallest absolute Gasteiger partial charge is 0.348 e. The van der Waals surface area contributed by atoms with Crippen LogP contribution in [-0.2, 0) is 25.5 Å². The Hall–Kier alpha value is -2.04. The summed E-state index contributed by atoms with van der Waals surface area (Å²) in [6.45, 7) is 4.95. The molecule has 96 valence electrons. The standard InChI is InChI=1S/C13H14O5/c1-4-8-5-6-9(16-8)7-10-11(14)17-13(2,3)18-12(10)15/h5-7H,4H2,1-3H3. The van der Waals surface area contributed by atoms with Gasteiger partial charge in [-0.3, -0.25) is 0 Å². The normalized spacial score (nSPS) is 18.3. The zero-order valence-electron chi connectivity index (χ0n) is 10.5. The molecule has 0 aromatic carbocycles. The average molecular weight is 250 g/mol. The molecule has 0 radical (unpaired) electrons. The third-order valence-corrected chi connectivity index (χ3v) is 2.43. The van der Waals surface area contributed by atoms with Crippen molar-refractivity contribution in [3.05, 3.63) is 29.2 Å². The van der Waals surface area contributed by atoms with E-state index < -0.39 is 17.7 Å². The molecule has 2 rings (SSSR count). The first-order chi connectivity index (χ1) is 8.41. The fraction of sp³-hybridized carbons (Fsp3) is 0.385. The molecule has 18 heavy (non-hydrogen) atoms. The number of esters is 2. The van der Waals surface area contributed by atoms with Crippen molar-refractivity contribution >= 4 is 18.0 Å². The zero-order valence-corrected chi connectivity index (χ0v) is 10.5. The van der Waals surface area contributed by atoms with Crippen LogP contribution >= 0.6 is 0 Å². The molecule has 0 bridgehead atoms. The van der Waals surface area contributed by atoms with Crippen molar-refractivity contribution < 1.29 is 23.5 Å². The number of furan rings is 1. The lowest BCUT2D eigenvalue weighted by atomic mass is 10.2. The molecule has 1 aliphatic heterocycles. The van der Waals surface area contributed by atoms with E-state index in [4.69, 9.17) is 13.9 Å². The SMILES string of the molecule is CCc1ccc(C=C2C(=O)OC(C)(C)OC2=O)o1. The Morgan fingerprint density at radius 1 is 1.17 bits per heavy atom. The summed E-state index contributed by atoms with van der Waals surface area (Å²) in [6.07, 6.45) is 2.07. The number of aryl methyl sites for hydroxylation is 1. The maximum Gasteiger partial charge on any atom is 0.348 e. The van der Waals surface area contributed by atoms with Gasteiger partial charge in [0.1, 0.15) is 17.1 Å². The summed E-state index contributed by atoms with van der Waals surface area (Å²) in [5.41, 5.74) is -0.161. The molecule has 0 spiro atoms. The second-order valence-corrected chi connectivity index (χ2v) is 4.39. The van der Waals surface area contributed by atoms with E-state index in [1.165, 1.54) is 19.9 Å². The van der Waals surface area contributed by atoms with E-state index in [0.717, 1.165) is 12.2 Å². The fourth-order valence-electron chi connectivity index (χ4n) is 1.58. The van der Waals surface area contributed by atoms with Crippen LogP contribution in [0.1, 0.15) is 32.3 Å². The molecule has 0 unspecified atom stereocenters. The molecular formula is C13H14O5. The van der Waals surface area contributed by atoms with Crippen LogP contribution in [-0.4, -0.2) is 17.7 Å². The van der Waals surface area contributed by atoms with Crippen molar-refractivity contribution in [2.45, 2.75) is 33.0 Å². The maximum atomic E-state index is 11.7. The lowest BCUT2D eigenvalue weighted by Crippen LogP contribution is -2.41. The Balaban J connectivity index is 2.27. The van der Waals surface area contributed by atoms with Crippen LogP contribution in [0.3, 0.4) is 0 Å². The van der Waals surface area contributed by atoms with Gasteiger partial charge < -0.3 is 13.9 Å². The van der Waals surface area contributed by atoms with E-state index in [1.54, 1.807) is 12.1 Å². The summed E-state index contributed by atoms with van der Waals surface area (Å²) >= 11 is 0. The molecular weight excluding hydrogens is 236 g/mol. The van der Waals surface area contributed by atoms with E-state index >= 15 is 0 Å². The Bertz CT molecular complexity index is 499. The van der Waals surface area contributed by atoms with Crippen molar-refractivity contribution in [3.8, 4) is 0 Å². The molecule has 1 aromatic rings. The highest BCUT2D eigenvalue weighted by atomic mass is 16.7. The molecule has 0 saturated carbocycles. The van der Waals surface area contributed by atoms with Crippen molar-refractivity contribution in [1.82, 2.24) is 0 Å². The number of rotatable bonds is 2. The van der Waals surface area contributed by atoms with Gasteiger partial charge in [0.25, 0.3) is 5.79 Å². The van der Waals surface area contributed by atoms with E-state index in [1.807, 2.05) is 6.92 Å². The molecule has 0 atom stereocenters. The molecule has 5 heteroatoms. The highest BCUT2D eigenvalue weighted by Gasteiger charge is 2.39. The first-order valence-corrected chi connectivity index (χ1v) is 5.68. The third-order valence-electron chi connectivity index (χ3n) is 2.43. The van der Waals surface area contributed by atoms with Gasteiger partial charge in [0.05, 0.1) is 0 Å². The van der Waals surface area contributed by atoms with Gasteiger partial charge in [-0.05, 0) is 12.1 Å². The number of carbonyl (C=O) groups excluding carboxylic acids is 2. The van der Waals surface area contributed by atoms with Gasteiger partial charge in [-0.2, -0.15) is 0 Å². The number of carbonyl (C=O) groups is 2. The van der Waals surface area contributed by atoms with Crippen LogP contribution in [0.4, 0.5) is 0 Å². The van der Waals surface area contributed by atoms with Gasteiger partial charge in [0.15, 0.2) is 0 Å². The first kappa shape index (κ1) is 12.4. The summed E-state index contributed by atoms with van der Waals surface area (Å²) in [4.78, 5) is 23.3. The van der Waals surface area contributed by atoms with E-state index in [9.17, 15) is 9.59 Å². The number of hydrogen-bond acceptors (Lipinski definition) is 5. The van der Waals surface area contributed by atoms with Crippen LogP contribution in [0.25, 0.3) is 6.08 Å². The Kier molecular flexibility index (Phi) is 2.98. The Morgan fingerprint density at radius 2 is 1.78 bits per heavy atom. The molecule has 2 heterocycles. The van der Waals surface area contributed by atoms with Gasteiger partial charge in [0, 0.05) is 26.3 Å². The molecule has 0 amide bonds. The minimum absolute atomic E-state index is 0.161. The third kappa shape index (κ3) is 2.45. The monoisotopic (exact) mass is 250 g/mol. The van der Waals surface area contributed by atoms with Crippen LogP contribution in [0.2, 0.25) is 0 Å². The molecule has 5 nitrogen and oxygen atoms in total. The number of cyclic esters (lactones) is 2. The Morgan fingerprint density at radius 3 is 2.28 bits per heavy atom. The van der Waals surface area contributed by atoms with Crippen LogP contribution in [0, 0.1) is 0 Å². The molecule has 0 N–H and O–H groups in total. The highest BCUT2D eigenvalue weighted by Crippen LogP contribution is 2.24. The summed E-state index contributed by atoms with van der Waals surface area (Å²) in [6, 6.07) is 3.47. The van der Waals surface area contributed by atoms with E-state index in [0.29, 0.717) is 5.76 Å². The second kappa shape index (κ2) is 4.33. The predicted octanol–water partition coefficient (Wildman–Crippen LogP) is 2.06. The van der Waals surface area contributed by atoms with Crippen molar-refractivity contribution in [2.75, 3.05) is 0 Å². The summed E-state index contributed by atoms with van der Waals surface area (Å²) in [7, 11) is 0. The van der Waals surface area contributed by atoms with Crippen molar-refractivity contribution in [2.24, 2.45) is 0 Å². The maximum absolute atomic E-state index is 11.7. The summed E-state index contributed by atoms with van der Waals surface area (Å²) in [5.74, 6) is -1.42. The topological polar surface area (TPSA) is 65.7 Å². The second-order valence-electron chi connectivity index (χ2n) is 4.39. The number of ether oxygens (including phenoxy) is 2. The van der Waals surface area contributed by atoms with Crippen molar-refractivity contribution in [1.29, 1.82) is 0 Å². The zero-order chi connectivity index (χ0) is 13.3. The van der Waals surface area contributed by atoms with Gasteiger partial charge in [-0.15, -0.1) is 0 Å². The van der Waals surface area contributed by atoms with Gasteiger partial charge in [0.2, 0.25) is 0 Å². The van der Waals surface area contributed by atoms with Gasteiger partial charge in [-0.25, -0.2) is 9.59 Å². The minimum atomic E-state index is -1.22. The van der Waals surface area contributed by atoms with Crippen LogP contribution in [0.15, 0.2) is 22.1 Å². The van der Waals surface area contributed by atoms with Crippen LogP contribution in [0.5, 0.6) is 0 Å². The Labute approximate surface area is 104 Å². The predicted molar refractivity (Wildman–Crippen MR) is 62.3 cm³/mol. The quantitative estimate of drug-likeness (QED) is 0.456. The largest absolute Gasteiger partial charge is 0.462 e. The average Bonchev–Trinajstić information content (AvgIpc) is 2.70. The van der Waals surface area contributed by atoms with E-state index in [2.05, 4.69) is 0 Å². The molecule has 0 aliphatic carbocycles.